The number of carbonyl (C=O) groups is 1. The Labute approximate surface area is 167 Å². The van der Waals surface area contributed by atoms with Crippen LogP contribution in [0.5, 0.6) is 5.75 Å². The maximum atomic E-state index is 12.2. The third-order valence-corrected chi connectivity index (χ3v) is 4.41. The zero-order chi connectivity index (χ0) is 22.1. The van der Waals surface area contributed by atoms with Crippen LogP contribution in [0.3, 0.4) is 0 Å². The van der Waals surface area contributed by atoms with E-state index in [-0.39, 0.29) is 23.4 Å². The van der Waals surface area contributed by atoms with Crippen molar-refractivity contribution in [2.24, 2.45) is 11.3 Å². The first-order valence-corrected chi connectivity index (χ1v) is 9.25. The number of nitrogens with two attached hydrogens (primary N) is 1. The second-order valence-corrected chi connectivity index (χ2v) is 9.03. The van der Waals surface area contributed by atoms with Crippen molar-refractivity contribution in [2.75, 3.05) is 5.73 Å². The molecular formula is C21H34N2O5. The molecule has 4 N–H and O–H groups in total. The van der Waals surface area contributed by atoms with Gasteiger partial charge in [-0.1, -0.05) is 33.8 Å². The standard InChI is InChI=1S/C20H34N2O3.CO2/c1-13(19(2,3)4)10-15(22-18(24)25-20(5,6)7)11-14-8-9-17(23)16(21)12-14;2-1-3/h8-9,12-13,15,23H,10-11,21H2,1-7H3,(H,22,24);/t13?,15-;/m1./s1. The monoisotopic (exact) mass is 394 g/mol. The van der Waals surface area contributed by atoms with Crippen molar-refractivity contribution in [3.63, 3.8) is 0 Å². The van der Waals surface area contributed by atoms with Gasteiger partial charge in [0.05, 0.1) is 5.69 Å². The lowest BCUT2D eigenvalue weighted by Crippen LogP contribution is -2.42. The lowest BCUT2D eigenvalue weighted by atomic mass is 9.78. The fourth-order valence-corrected chi connectivity index (χ4v) is 2.46. The molecular weight excluding hydrogens is 360 g/mol. The quantitative estimate of drug-likeness (QED) is 0.515. The van der Waals surface area contributed by atoms with Crippen LogP contribution in [0.4, 0.5) is 10.5 Å². The molecule has 0 aliphatic heterocycles. The van der Waals surface area contributed by atoms with E-state index in [0.29, 0.717) is 18.0 Å². The highest BCUT2D eigenvalue weighted by Gasteiger charge is 2.26. The van der Waals surface area contributed by atoms with Gasteiger partial charge in [-0.3, -0.25) is 0 Å². The Balaban J connectivity index is 0.00000227. The van der Waals surface area contributed by atoms with Crippen molar-refractivity contribution < 1.29 is 24.2 Å². The molecule has 0 fully saturated rings. The average molecular weight is 395 g/mol. The summed E-state index contributed by atoms with van der Waals surface area (Å²) in [5.74, 6) is 0.477. The van der Waals surface area contributed by atoms with E-state index in [1.165, 1.54) is 0 Å². The van der Waals surface area contributed by atoms with Crippen molar-refractivity contribution in [1.29, 1.82) is 0 Å². The highest BCUT2D eigenvalue weighted by atomic mass is 16.6. The van der Waals surface area contributed by atoms with Crippen molar-refractivity contribution in [3.8, 4) is 5.75 Å². The van der Waals surface area contributed by atoms with Gasteiger partial charge < -0.3 is 20.9 Å². The molecule has 0 radical (unpaired) electrons. The molecule has 0 bridgehead atoms. The van der Waals surface area contributed by atoms with Crippen LogP contribution in [-0.2, 0) is 20.7 Å². The Hall–Kier alpha value is -2.53. The number of phenolic OH excluding ortho intramolecular Hbond substituents is 1. The van der Waals surface area contributed by atoms with Crippen LogP contribution in [0.2, 0.25) is 0 Å². The van der Waals surface area contributed by atoms with E-state index in [9.17, 15) is 9.90 Å². The largest absolute Gasteiger partial charge is 0.506 e. The number of anilines is 1. The number of alkyl carbamates (subject to hydrolysis) is 1. The van der Waals surface area contributed by atoms with Crippen LogP contribution in [0.1, 0.15) is 60.5 Å². The summed E-state index contributed by atoms with van der Waals surface area (Å²) in [5, 5.41) is 12.6. The van der Waals surface area contributed by atoms with Gasteiger partial charge >= 0.3 is 12.2 Å². The number of aromatic hydroxyl groups is 1. The summed E-state index contributed by atoms with van der Waals surface area (Å²) in [5.41, 5.74) is 6.71. The molecule has 1 unspecified atom stereocenters. The maximum Gasteiger partial charge on any atom is 0.407 e. The first kappa shape index (κ1) is 25.5. The minimum Gasteiger partial charge on any atom is -0.506 e. The predicted molar refractivity (Wildman–Crippen MR) is 108 cm³/mol. The molecule has 1 rings (SSSR count). The van der Waals surface area contributed by atoms with Gasteiger partial charge in [-0.15, -0.1) is 0 Å². The summed E-state index contributed by atoms with van der Waals surface area (Å²) in [4.78, 5) is 28.5. The van der Waals surface area contributed by atoms with Gasteiger partial charge in [-0.05, 0) is 62.6 Å². The first-order valence-electron chi connectivity index (χ1n) is 9.25. The number of hydrogen-bond acceptors (Lipinski definition) is 6. The van der Waals surface area contributed by atoms with Gasteiger partial charge in [0.1, 0.15) is 11.4 Å². The number of phenols is 1. The minimum atomic E-state index is -0.534. The number of ether oxygens (including phenoxy) is 1. The summed E-state index contributed by atoms with van der Waals surface area (Å²) < 4.78 is 5.40. The number of nitrogens with one attached hydrogen (secondary N) is 1. The summed E-state index contributed by atoms with van der Waals surface area (Å²) in [6.07, 6.45) is 1.29. The highest BCUT2D eigenvalue weighted by molar-refractivity contribution is 5.68. The normalized spacial score (nSPS) is 13.4. The Morgan fingerprint density at radius 3 is 2.18 bits per heavy atom. The van der Waals surface area contributed by atoms with Crippen LogP contribution in [0, 0.1) is 11.3 Å². The number of amides is 1. The van der Waals surface area contributed by atoms with Crippen molar-refractivity contribution >= 4 is 17.9 Å². The van der Waals surface area contributed by atoms with E-state index in [1.54, 1.807) is 12.1 Å². The third kappa shape index (κ3) is 10.6. The van der Waals surface area contributed by atoms with Crippen molar-refractivity contribution in [1.82, 2.24) is 5.32 Å². The summed E-state index contributed by atoms with van der Waals surface area (Å²) >= 11 is 0. The molecule has 28 heavy (non-hydrogen) atoms. The molecule has 7 nitrogen and oxygen atoms in total. The summed E-state index contributed by atoms with van der Waals surface area (Å²) in [7, 11) is 0. The van der Waals surface area contributed by atoms with Gasteiger partial charge in [0, 0.05) is 6.04 Å². The minimum absolute atomic E-state index is 0.0726. The molecule has 158 valence electrons. The number of nitrogen functional groups attached to an aromatic ring is 1. The summed E-state index contributed by atoms with van der Waals surface area (Å²) in [6.45, 7) is 14.3. The molecule has 1 aromatic rings. The van der Waals surface area contributed by atoms with Gasteiger partial charge in [0.2, 0.25) is 0 Å². The Kier molecular flexibility index (Phi) is 9.75. The first-order chi connectivity index (χ1) is 12.7. The maximum absolute atomic E-state index is 12.2. The van der Waals surface area contributed by atoms with Crippen LogP contribution >= 0.6 is 0 Å². The zero-order valence-electron chi connectivity index (χ0n) is 18.0. The van der Waals surface area contributed by atoms with E-state index < -0.39 is 11.7 Å². The Bertz CT molecular complexity index is 668. The second kappa shape index (κ2) is 10.7. The van der Waals surface area contributed by atoms with E-state index in [2.05, 4.69) is 33.0 Å². The van der Waals surface area contributed by atoms with Crippen LogP contribution < -0.4 is 11.1 Å². The van der Waals surface area contributed by atoms with Gasteiger partial charge in [0.25, 0.3) is 0 Å². The fraction of sp³-hybridized carbons (Fsp3) is 0.619. The molecule has 0 spiro atoms. The number of carbonyl (C=O) groups excluding carboxylic acids is 3. The average Bonchev–Trinajstić information content (AvgIpc) is 2.48. The van der Waals surface area contributed by atoms with E-state index >= 15 is 0 Å². The molecule has 0 saturated carbocycles. The molecule has 1 amide bonds. The second-order valence-electron chi connectivity index (χ2n) is 9.03. The lowest BCUT2D eigenvalue weighted by Gasteiger charge is -2.32. The molecule has 2 atom stereocenters. The smallest absolute Gasteiger partial charge is 0.407 e. The number of rotatable bonds is 5. The topological polar surface area (TPSA) is 119 Å². The molecule has 7 heteroatoms. The van der Waals surface area contributed by atoms with Crippen LogP contribution in [-0.4, -0.2) is 29.0 Å². The zero-order valence-corrected chi connectivity index (χ0v) is 18.0. The number of hydrogen-bond donors (Lipinski definition) is 3. The highest BCUT2D eigenvalue weighted by Crippen LogP contribution is 2.30. The third-order valence-electron chi connectivity index (χ3n) is 4.41. The van der Waals surface area contributed by atoms with Crippen LogP contribution in [0.25, 0.3) is 0 Å². The van der Waals surface area contributed by atoms with Crippen LogP contribution in [0.15, 0.2) is 18.2 Å². The Morgan fingerprint density at radius 2 is 1.75 bits per heavy atom. The molecule has 0 aromatic heterocycles. The van der Waals surface area contributed by atoms with E-state index in [0.717, 1.165) is 12.0 Å². The molecule has 0 aliphatic rings. The molecule has 0 aliphatic carbocycles. The predicted octanol–water partition coefficient (Wildman–Crippen LogP) is 3.90. The molecule has 0 saturated heterocycles. The van der Waals surface area contributed by atoms with Gasteiger partial charge in [-0.2, -0.15) is 9.59 Å². The SMILES string of the molecule is CC(C[C@H](Cc1ccc(O)c(N)c1)NC(=O)OC(C)(C)C)C(C)(C)C.O=C=O. The molecule has 0 heterocycles. The fourth-order valence-electron chi connectivity index (χ4n) is 2.46. The van der Waals surface area contributed by atoms with E-state index in [4.69, 9.17) is 20.1 Å². The summed E-state index contributed by atoms with van der Waals surface area (Å²) in [6, 6.07) is 5.09. The lowest BCUT2D eigenvalue weighted by molar-refractivity contribution is -0.191. The molecule has 1 aromatic carbocycles. The van der Waals surface area contributed by atoms with E-state index in [1.807, 2.05) is 26.8 Å². The van der Waals surface area contributed by atoms with Gasteiger partial charge in [0.15, 0.2) is 0 Å². The Morgan fingerprint density at radius 1 is 1.21 bits per heavy atom. The van der Waals surface area contributed by atoms with Gasteiger partial charge in [-0.25, -0.2) is 4.79 Å². The van der Waals surface area contributed by atoms with Crippen molar-refractivity contribution in [3.05, 3.63) is 23.8 Å². The van der Waals surface area contributed by atoms with Crippen molar-refractivity contribution in [2.45, 2.75) is 73.0 Å². The number of benzene rings is 1.